The minimum atomic E-state index is -1.38. The average molecular weight is 1090 g/mol. The Morgan fingerprint density at radius 1 is 0.227 bits per heavy atom. The van der Waals surface area contributed by atoms with Gasteiger partial charge in [-0.2, -0.15) is 0 Å². The fourth-order valence-corrected chi connectivity index (χ4v) is 11.6. The van der Waals surface area contributed by atoms with E-state index in [0.29, 0.717) is 5.46 Å². The van der Waals surface area contributed by atoms with E-state index in [0.717, 1.165) is 19.7 Å². The van der Waals surface area contributed by atoms with Gasteiger partial charge >= 0.3 is 7.12 Å². The lowest BCUT2D eigenvalue weighted by Gasteiger charge is -2.16. The van der Waals surface area contributed by atoms with Gasteiger partial charge in [0.1, 0.15) is 0 Å². The molecule has 2 N–H and O–H groups in total. The zero-order chi connectivity index (χ0) is 50.8. The Morgan fingerprint density at radius 2 is 0.493 bits per heavy atom. The third-order valence-electron chi connectivity index (χ3n) is 14.4. The van der Waals surface area contributed by atoms with Crippen LogP contribution in [0.25, 0.3) is 120 Å². The molecule has 0 aliphatic carbocycles. The highest BCUT2D eigenvalue weighted by atomic mass is 79.9. The highest BCUT2D eigenvalue weighted by Gasteiger charge is 2.16. The van der Waals surface area contributed by atoms with Crippen molar-refractivity contribution >= 4 is 120 Å². The third kappa shape index (κ3) is 9.53. The number of halogens is 2. The van der Waals surface area contributed by atoms with Gasteiger partial charge in [-0.1, -0.05) is 281 Å². The largest absolute Gasteiger partial charge is 0.488 e. The van der Waals surface area contributed by atoms with E-state index in [-0.39, 0.29) is 0 Å². The maximum Gasteiger partial charge on any atom is 0.488 e. The zero-order valence-electron chi connectivity index (χ0n) is 40.7. The molecular formula is C70H47BBr2O2. The highest BCUT2D eigenvalue weighted by molar-refractivity contribution is 9.11. The number of benzene rings is 14. The van der Waals surface area contributed by atoms with Gasteiger partial charge in [-0.05, 0) is 150 Å². The molecule has 0 aliphatic rings. The monoisotopic (exact) mass is 1090 g/mol. The summed E-state index contributed by atoms with van der Waals surface area (Å²) in [6, 6.07) is 96.5. The van der Waals surface area contributed by atoms with Gasteiger partial charge in [-0.15, -0.1) is 0 Å². The van der Waals surface area contributed by atoms with Crippen LogP contribution in [-0.4, -0.2) is 17.2 Å². The summed E-state index contributed by atoms with van der Waals surface area (Å²) in [6.07, 6.45) is 0. The molecule has 75 heavy (non-hydrogen) atoms. The van der Waals surface area contributed by atoms with Crippen LogP contribution in [0.15, 0.2) is 282 Å². The van der Waals surface area contributed by atoms with Crippen molar-refractivity contribution in [3.05, 3.63) is 282 Å². The molecule has 14 aromatic rings. The van der Waals surface area contributed by atoms with Crippen LogP contribution < -0.4 is 5.46 Å². The average Bonchev–Trinajstić information content (AvgIpc) is 3.48. The normalized spacial score (nSPS) is 11.2. The van der Waals surface area contributed by atoms with Gasteiger partial charge in [0.15, 0.2) is 0 Å². The van der Waals surface area contributed by atoms with Crippen molar-refractivity contribution in [3.63, 3.8) is 0 Å². The SMILES string of the molecule is Brc1ccc(-c2ccc(Br)c3ccccc23)c2ccccc12.OB(O)c1ccc2ccccc2c1.c1ccc2cc(-c3ccc(-c4ccc(-c5ccc6ccccc6c5)c5ccccc45)c4ccccc34)ccc2c1. The molecule has 0 aromatic heterocycles. The summed E-state index contributed by atoms with van der Waals surface area (Å²) in [6.45, 7) is 0. The first-order chi connectivity index (χ1) is 36.9. The van der Waals surface area contributed by atoms with Crippen molar-refractivity contribution in [2.24, 2.45) is 0 Å². The van der Waals surface area contributed by atoms with Gasteiger partial charge in [0, 0.05) is 8.95 Å². The van der Waals surface area contributed by atoms with Gasteiger partial charge < -0.3 is 10.0 Å². The molecule has 356 valence electrons. The van der Waals surface area contributed by atoms with E-state index in [1.54, 1.807) is 12.1 Å². The van der Waals surface area contributed by atoms with E-state index in [4.69, 9.17) is 10.0 Å². The number of fused-ring (bicyclic) bond motifs is 7. The van der Waals surface area contributed by atoms with Crippen molar-refractivity contribution in [1.82, 2.24) is 0 Å². The second-order valence-electron chi connectivity index (χ2n) is 18.8. The Hall–Kier alpha value is -8.16. The minimum Gasteiger partial charge on any atom is -0.423 e. The Kier molecular flexibility index (Phi) is 13.4. The Bertz CT molecular complexity index is 4210. The van der Waals surface area contributed by atoms with Crippen molar-refractivity contribution in [3.8, 4) is 44.5 Å². The number of rotatable bonds is 5. The molecule has 14 rings (SSSR count). The van der Waals surface area contributed by atoms with E-state index >= 15 is 0 Å². The topological polar surface area (TPSA) is 40.5 Å². The molecular weight excluding hydrogens is 1040 g/mol. The molecule has 0 saturated heterocycles. The third-order valence-corrected chi connectivity index (χ3v) is 15.7. The Balaban J connectivity index is 0.000000135. The van der Waals surface area contributed by atoms with Crippen molar-refractivity contribution < 1.29 is 10.0 Å². The molecule has 0 radical (unpaired) electrons. The molecule has 0 bridgehead atoms. The summed E-state index contributed by atoms with van der Waals surface area (Å²) in [5.41, 5.74) is 10.6. The lowest BCUT2D eigenvalue weighted by atomic mass is 9.79. The lowest BCUT2D eigenvalue weighted by molar-refractivity contribution is 0.426. The molecule has 0 atom stereocenters. The van der Waals surface area contributed by atoms with Crippen LogP contribution in [-0.2, 0) is 0 Å². The zero-order valence-corrected chi connectivity index (χ0v) is 43.9. The second kappa shape index (κ2) is 21.0. The van der Waals surface area contributed by atoms with E-state index in [1.165, 1.54) is 109 Å². The predicted molar refractivity (Wildman–Crippen MR) is 329 cm³/mol. The van der Waals surface area contributed by atoms with Crippen LogP contribution in [0.4, 0.5) is 0 Å². The summed E-state index contributed by atoms with van der Waals surface area (Å²) in [7, 11) is -1.38. The fourth-order valence-electron chi connectivity index (χ4n) is 10.6. The molecule has 0 unspecified atom stereocenters. The molecule has 0 amide bonds. The molecule has 0 spiro atoms. The molecule has 2 nitrogen and oxygen atoms in total. The minimum absolute atomic E-state index is 0.527. The first kappa shape index (κ1) is 47.8. The first-order valence-electron chi connectivity index (χ1n) is 25.1. The lowest BCUT2D eigenvalue weighted by Crippen LogP contribution is -2.29. The predicted octanol–water partition coefficient (Wildman–Crippen LogP) is 19.0. The smallest absolute Gasteiger partial charge is 0.423 e. The standard InChI is InChI=1S/C40H26.C20H12Br2.C10H9BO2/c1-3-11-29-25-31(19-17-27(29)9-1)33-21-23-39(37-15-7-5-13-35(33)37)40-24-22-34(36-14-6-8-16-38(36)40)32-20-18-28-10-2-4-12-30(28)26-32;21-19-11-9-15(13-5-1-3-7-17(13)19)16-10-12-20(22)18-8-4-2-6-14(16)18;12-11(13)10-6-5-8-3-1-2-4-9(8)7-10/h1-26H;1-12H;1-7,12-13H. The summed E-state index contributed by atoms with van der Waals surface area (Å²) < 4.78 is 2.27. The number of hydrogen-bond acceptors (Lipinski definition) is 2. The van der Waals surface area contributed by atoms with E-state index in [1.807, 2.05) is 30.3 Å². The van der Waals surface area contributed by atoms with Crippen molar-refractivity contribution in [2.45, 2.75) is 0 Å². The summed E-state index contributed by atoms with van der Waals surface area (Å²) in [5.74, 6) is 0. The van der Waals surface area contributed by atoms with E-state index in [2.05, 4.69) is 262 Å². The molecule has 0 aliphatic heterocycles. The van der Waals surface area contributed by atoms with Gasteiger partial charge in [-0.25, -0.2) is 0 Å². The van der Waals surface area contributed by atoms with Gasteiger partial charge in [0.25, 0.3) is 0 Å². The van der Waals surface area contributed by atoms with Crippen LogP contribution in [0.5, 0.6) is 0 Å². The second-order valence-corrected chi connectivity index (χ2v) is 20.5. The number of hydrogen-bond donors (Lipinski definition) is 2. The quantitative estimate of drug-likeness (QED) is 0.169. The molecule has 0 saturated carbocycles. The van der Waals surface area contributed by atoms with E-state index < -0.39 is 7.12 Å². The van der Waals surface area contributed by atoms with Crippen LogP contribution in [0.2, 0.25) is 0 Å². The van der Waals surface area contributed by atoms with Gasteiger partial charge in [0.05, 0.1) is 0 Å². The van der Waals surface area contributed by atoms with Crippen LogP contribution in [0, 0.1) is 0 Å². The molecule has 5 heteroatoms. The summed E-state index contributed by atoms with van der Waals surface area (Å²) in [5, 5.41) is 35.2. The first-order valence-corrected chi connectivity index (χ1v) is 26.7. The maximum absolute atomic E-state index is 8.94. The molecule has 14 aromatic carbocycles. The van der Waals surface area contributed by atoms with Crippen LogP contribution >= 0.6 is 31.9 Å². The molecule has 0 heterocycles. The summed E-state index contributed by atoms with van der Waals surface area (Å²) >= 11 is 7.31. The Morgan fingerprint density at radius 3 is 0.867 bits per heavy atom. The molecule has 0 fully saturated rings. The Labute approximate surface area is 453 Å². The van der Waals surface area contributed by atoms with E-state index in [9.17, 15) is 0 Å². The summed E-state index contributed by atoms with van der Waals surface area (Å²) in [4.78, 5) is 0. The van der Waals surface area contributed by atoms with Crippen molar-refractivity contribution in [2.75, 3.05) is 0 Å². The highest BCUT2D eigenvalue weighted by Crippen LogP contribution is 2.42. The van der Waals surface area contributed by atoms with Crippen LogP contribution in [0.3, 0.4) is 0 Å². The van der Waals surface area contributed by atoms with Gasteiger partial charge in [0.2, 0.25) is 0 Å². The van der Waals surface area contributed by atoms with Gasteiger partial charge in [-0.3, -0.25) is 0 Å². The maximum atomic E-state index is 8.94. The fraction of sp³-hybridized carbons (Fsp3) is 0. The van der Waals surface area contributed by atoms with Crippen LogP contribution in [0.1, 0.15) is 0 Å². The van der Waals surface area contributed by atoms with Crippen molar-refractivity contribution in [1.29, 1.82) is 0 Å².